The minimum absolute atomic E-state index is 0.462. The molecule has 3 heteroatoms. The molecular weight excluding hydrogens is 913 g/mol. The topological polar surface area (TPSA) is 8.17 Å². The summed E-state index contributed by atoms with van der Waals surface area (Å²) in [6, 6.07) is 103. The summed E-state index contributed by atoms with van der Waals surface area (Å²) in [5, 5.41) is 7.54. The number of rotatable bonds is 8. The van der Waals surface area contributed by atoms with Crippen LogP contribution in [0.2, 0.25) is 0 Å². The van der Waals surface area contributed by atoms with E-state index >= 15 is 0 Å². The molecular formula is C71H46N2S. The smallest absolute Gasteiger partial charge is 0.0713 e. The minimum Gasteiger partial charge on any atom is -0.310 e. The molecule has 0 saturated heterocycles. The maximum atomic E-state index is 2.46. The minimum atomic E-state index is -0.462. The second kappa shape index (κ2) is 16.9. The number of hydrogen-bond acceptors (Lipinski definition) is 2. The van der Waals surface area contributed by atoms with E-state index in [0.29, 0.717) is 0 Å². The Morgan fingerprint density at radius 1 is 0.351 bits per heavy atom. The number of anilines is 3. The van der Waals surface area contributed by atoms with Gasteiger partial charge in [-0.2, -0.15) is 0 Å². The molecule has 0 atom stereocenters. The monoisotopic (exact) mass is 958 g/mol. The highest BCUT2D eigenvalue weighted by Crippen LogP contribution is 2.57. The first kappa shape index (κ1) is 42.4. The summed E-state index contributed by atoms with van der Waals surface area (Å²) in [7, 11) is 0. The standard InChI is InChI=1S/C71H46N2S/c1-4-18-52(19-5-1)71(53-20-6-2-7-21-53)63-27-14-12-25-58(63)59-42-36-50(45-64(59)71)47-31-38-55(39-32-47)72(65-28-16-30-68-69(65)62-26-13-15-29-67(62)74-68)56-40-33-48(34-41-56)51-37-43-60-61-44-35-49-17-10-11-24-57(49)70(61)73(66(60)46-51)54-22-8-3-9-23-54/h1-46H. The molecule has 0 unspecified atom stereocenters. The SMILES string of the molecule is c1ccc(-n2c3cc(-c4ccc(N(c5ccc(-c6ccc7c(c6)C(c6ccccc6)(c6ccccc6)c6ccccc6-7)cc5)c5cccc6sc7ccccc7c56)cc4)ccc3c3ccc4ccccc4c32)cc1. The predicted molar refractivity (Wildman–Crippen MR) is 314 cm³/mol. The zero-order valence-corrected chi connectivity index (χ0v) is 41.2. The van der Waals surface area contributed by atoms with Gasteiger partial charge in [-0.3, -0.25) is 0 Å². The van der Waals surface area contributed by atoms with Crippen LogP contribution in [0.15, 0.2) is 279 Å². The first-order valence-corrected chi connectivity index (χ1v) is 26.3. The molecule has 0 radical (unpaired) electrons. The van der Waals surface area contributed by atoms with Crippen LogP contribution in [0.25, 0.3) is 91.8 Å². The van der Waals surface area contributed by atoms with Crippen molar-refractivity contribution >= 4 is 81.1 Å². The van der Waals surface area contributed by atoms with Crippen molar-refractivity contribution in [2.75, 3.05) is 4.90 Å². The second-order valence-corrected chi connectivity index (χ2v) is 20.6. The Labute approximate surface area is 433 Å². The number of benzene rings is 12. The van der Waals surface area contributed by atoms with Crippen molar-refractivity contribution in [3.8, 4) is 39.1 Å². The van der Waals surface area contributed by atoms with Crippen LogP contribution in [-0.4, -0.2) is 4.57 Å². The molecule has 0 fully saturated rings. The Morgan fingerprint density at radius 3 is 1.64 bits per heavy atom. The van der Waals surface area contributed by atoms with Crippen molar-refractivity contribution in [3.05, 3.63) is 301 Å². The van der Waals surface area contributed by atoms with Gasteiger partial charge in [-0.15, -0.1) is 11.3 Å². The Bertz CT molecular complexity index is 4420. The third-order valence-corrected chi connectivity index (χ3v) is 16.8. The molecule has 2 aromatic heterocycles. The molecule has 0 saturated carbocycles. The number of aromatic nitrogens is 1. The van der Waals surface area contributed by atoms with Crippen molar-refractivity contribution in [3.63, 3.8) is 0 Å². The molecule has 1 aliphatic carbocycles. The van der Waals surface area contributed by atoms with Gasteiger partial charge in [0.2, 0.25) is 0 Å². The summed E-state index contributed by atoms with van der Waals surface area (Å²) in [6.07, 6.45) is 0. The predicted octanol–water partition coefficient (Wildman–Crippen LogP) is 19.5. The molecule has 346 valence electrons. The first-order chi connectivity index (χ1) is 36.7. The van der Waals surface area contributed by atoms with Crippen LogP contribution in [0, 0.1) is 0 Å². The zero-order chi connectivity index (χ0) is 48.7. The van der Waals surface area contributed by atoms with Crippen LogP contribution in [0.3, 0.4) is 0 Å². The average molecular weight is 959 g/mol. The maximum absolute atomic E-state index is 2.46. The van der Waals surface area contributed by atoms with E-state index in [1.165, 1.54) is 108 Å². The molecule has 0 amide bonds. The van der Waals surface area contributed by atoms with Gasteiger partial charge in [0.15, 0.2) is 0 Å². The summed E-state index contributed by atoms with van der Waals surface area (Å²) in [5.41, 5.74) is 18.9. The van der Waals surface area contributed by atoms with E-state index in [0.717, 1.165) is 22.7 Å². The van der Waals surface area contributed by atoms with E-state index in [9.17, 15) is 0 Å². The molecule has 14 aromatic rings. The van der Waals surface area contributed by atoms with E-state index in [1.807, 2.05) is 11.3 Å². The van der Waals surface area contributed by atoms with E-state index in [-0.39, 0.29) is 0 Å². The molecule has 1 aliphatic rings. The lowest BCUT2D eigenvalue weighted by Gasteiger charge is -2.34. The maximum Gasteiger partial charge on any atom is 0.0713 e. The Morgan fingerprint density at radius 2 is 0.905 bits per heavy atom. The van der Waals surface area contributed by atoms with Gasteiger partial charge in [0.05, 0.1) is 22.1 Å². The third kappa shape index (κ3) is 6.43. The highest BCUT2D eigenvalue weighted by atomic mass is 32.1. The van der Waals surface area contributed by atoms with Crippen molar-refractivity contribution in [1.82, 2.24) is 4.57 Å². The fourth-order valence-corrected chi connectivity index (χ4v) is 13.5. The van der Waals surface area contributed by atoms with Crippen LogP contribution < -0.4 is 4.90 Å². The number of fused-ring (bicyclic) bond motifs is 11. The molecule has 15 rings (SSSR count). The third-order valence-electron chi connectivity index (χ3n) is 15.7. The second-order valence-electron chi connectivity index (χ2n) is 19.6. The van der Waals surface area contributed by atoms with Crippen LogP contribution in [0.5, 0.6) is 0 Å². The van der Waals surface area contributed by atoms with Gasteiger partial charge >= 0.3 is 0 Å². The van der Waals surface area contributed by atoms with Gasteiger partial charge in [-0.1, -0.05) is 212 Å². The van der Waals surface area contributed by atoms with Gasteiger partial charge in [-0.05, 0) is 128 Å². The van der Waals surface area contributed by atoms with Crippen molar-refractivity contribution in [2.24, 2.45) is 0 Å². The number of thiophene rings is 1. The van der Waals surface area contributed by atoms with Crippen molar-refractivity contribution in [1.29, 1.82) is 0 Å². The van der Waals surface area contributed by atoms with Crippen molar-refractivity contribution in [2.45, 2.75) is 5.41 Å². The van der Waals surface area contributed by atoms with Gasteiger partial charge in [0.1, 0.15) is 0 Å². The molecule has 74 heavy (non-hydrogen) atoms. The highest BCUT2D eigenvalue weighted by molar-refractivity contribution is 7.26. The van der Waals surface area contributed by atoms with E-state index in [2.05, 4.69) is 289 Å². The lowest BCUT2D eigenvalue weighted by molar-refractivity contribution is 0.769. The summed E-state index contributed by atoms with van der Waals surface area (Å²) in [6.45, 7) is 0. The molecule has 12 aromatic carbocycles. The fraction of sp³-hybridized carbons (Fsp3) is 0.0141. The van der Waals surface area contributed by atoms with Gasteiger partial charge < -0.3 is 9.47 Å². The van der Waals surface area contributed by atoms with Crippen LogP contribution in [-0.2, 0) is 5.41 Å². The summed E-state index contributed by atoms with van der Waals surface area (Å²) in [4.78, 5) is 2.45. The fourth-order valence-electron chi connectivity index (χ4n) is 12.4. The van der Waals surface area contributed by atoms with Crippen LogP contribution in [0.4, 0.5) is 17.1 Å². The summed E-state index contributed by atoms with van der Waals surface area (Å²) < 4.78 is 5.02. The lowest BCUT2D eigenvalue weighted by Crippen LogP contribution is -2.28. The Hall–Kier alpha value is -9.28. The molecule has 0 spiro atoms. The molecule has 0 aliphatic heterocycles. The van der Waals surface area contributed by atoms with Gasteiger partial charge in [0.25, 0.3) is 0 Å². The zero-order valence-electron chi connectivity index (χ0n) is 40.4. The Balaban J connectivity index is 0.860. The lowest BCUT2D eigenvalue weighted by atomic mass is 9.67. The summed E-state index contributed by atoms with van der Waals surface area (Å²) >= 11 is 1.86. The Kier molecular flexibility index (Phi) is 9.70. The molecule has 2 heterocycles. The molecule has 0 N–H and O–H groups in total. The number of nitrogens with zero attached hydrogens (tertiary/aromatic N) is 2. The summed E-state index contributed by atoms with van der Waals surface area (Å²) in [5.74, 6) is 0. The largest absolute Gasteiger partial charge is 0.310 e. The molecule has 2 nitrogen and oxygen atoms in total. The van der Waals surface area contributed by atoms with Crippen molar-refractivity contribution < 1.29 is 0 Å². The number of hydrogen-bond donors (Lipinski definition) is 0. The van der Waals surface area contributed by atoms with Crippen LogP contribution >= 0.6 is 11.3 Å². The normalized spacial score (nSPS) is 12.7. The van der Waals surface area contributed by atoms with E-state index in [1.54, 1.807) is 0 Å². The van der Waals surface area contributed by atoms with Gasteiger partial charge in [0, 0.05) is 53.4 Å². The van der Waals surface area contributed by atoms with Gasteiger partial charge in [-0.25, -0.2) is 0 Å². The quantitative estimate of drug-likeness (QED) is 0.147. The van der Waals surface area contributed by atoms with Crippen LogP contribution in [0.1, 0.15) is 22.3 Å². The molecule has 0 bridgehead atoms. The average Bonchev–Trinajstić information content (AvgIpc) is 4.18. The first-order valence-electron chi connectivity index (χ1n) is 25.5. The van der Waals surface area contributed by atoms with E-state index in [4.69, 9.17) is 0 Å². The number of para-hydroxylation sites is 1. The highest BCUT2D eigenvalue weighted by Gasteiger charge is 2.46. The van der Waals surface area contributed by atoms with E-state index < -0.39 is 5.41 Å².